The van der Waals surface area contributed by atoms with Crippen molar-refractivity contribution in [1.29, 1.82) is 0 Å². The lowest BCUT2D eigenvalue weighted by Gasteiger charge is -2.12. The molecule has 0 aliphatic heterocycles. The Kier molecular flexibility index (Phi) is 4.01. The van der Waals surface area contributed by atoms with Crippen LogP contribution in [0.5, 0.6) is 11.5 Å². The Balaban J connectivity index is 2.50. The Labute approximate surface area is 114 Å². The first kappa shape index (κ1) is 13.4. The fourth-order valence-corrected chi connectivity index (χ4v) is 2.41. The van der Waals surface area contributed by atoms with Crippen LogP contribution in [0.2, 0.25) is 0 Å². The number of aromatic nitrogens is 1. The minimum atomic E-state index is -0.982. The summed E-state index contributed by atoms with van der Waals surface area (Å²) >= 11 is 1.11. The quantitative estimate of drug-likeness (QED) is 0.911. The van der Waals surface area contributed by atoms with E-state index in [4.69, 9.17) is 14.6 Å². The third-order valence-corrected chi connectivity index (χ3v) is 3.45. The molecule has 0 unspecified atom stereocenters. The van der Waals surface area contributed by atoms with Gasteiger partial charge in [-0.2, -0.15) is 0 Å². The molecule has 0 saturated carbocycles. The van der Waals surface area contributed by atoms with Gasteiger partial charge in [0.25, 0.3) is 0 Å². The highest BCUT2D eigenvalue weighted by molar-refractivity contribution is 7.16. The van der Waals surface area contributed by atoms with E-state index >= 15 is 0 Å². The van der Waals surface area contributed by atoms with Gasteiger partial charge in [-0.15, -0.1) is 11.3 Å². The van der Waals surface area contributed by atoms with E-state index in [1.165, 1.54) is 6.20 Å². The SMILES string of the molecule is CCOc1c(OC)cccc1-c1ncc(C(=O)O)s1. The smallest absolute Gasteiger partial charge is 0.347 e. The number of hydrogen-bond donors (Lipinski definition) is 1. The molecule has 2 rings (SSSR count). The van der Waals surface area contributed by atoms with Crippen molar-refractivity contribution in [2.75, 3.05) is 13.7 Å². The molecule has 1 aromatic heterocycles. The van der Waals surface area contributed by atoms with Gasteiger partial charge >= 0.3 is 5.97 Å². The molecule has 1 N–H and O–H groups in total. The highest BCUT2D eigenvalue weighted by Gasteiger charge is 2.16. The van der Waals surface area contributed by atoms with E-state index in [-0.39, 0.29) is 4.88 Å². The number of benzene rings is 1. The average Bonchev–Trinajstić information content (AvgIpc) is 2.89. The summed E-state index contributed by atoms with van der Waals surface area (Å²) in [6.45, 7) is 2.37. The van der Waals surface area contributed by atoms with Crippen LogP contribution >= 0.6 is 11.3 Å². The number of aromatic carboxylic acids is 1. The standard InChI is InChI=1S/C13H13NO4S/c1-3-18-11-8(5-4-6-9(11)17-2)12-14-7-10(19-12)13(15)16/h4-7H,3H2,1-2H3,(H,15,16). The molecule has 5 nitrogen and oxygen atoms in total. The molecule has 0 spiro atoms. The predicted molar refractivity (Wildman–Crippen MR) is 72.2 cm³/mol. The number of methoxy groups -OCH3 is 1. The maximum absolute atomic E-state index is 10.9. The van der Waals surface area contributed by atoms with Crippen LogP contribution < -0.4 is 9.47 Å². The maximum Gasteiger partial charge on any atom is 0.347 e. The molecule has 0 fully saturated rings. The summed E-state index contributed by atoms with van der Waals surface area (Å²) in [4.78, 5) is 15.2. The first-order valence-electron chi connectivity index (χ1n) is 5.66. The highest BCUT2D eigenvalue weighted by atomic mass is 32.1. The number of rotatable bonds is 5. The van der Waals surface area contributed by atoms with Gasteiger partial charge in [0.1, 0.15) is 9.88 Å². The lowest BCUT2D eigenvalue weighted by Crippen LogP contribution is -1.97. The van der Waals surface area contributed by atoms with Gasteiger partial charge in [0.15, 0.2) is 11.5 Å². The van der Waals surface area contributed by atoms with Gasteiger partial charge in [-0.25, -0.2) is 9.78 Å². The number of carboxylic acids is 1. The second-order valence-electron chi connectivity index (χ2n) is 3.60. The molecule has 0 atom stereocenters. The molecule has 19 heavy (non-hydrogen) atoms. The van der Waals surface area contributed by atoms with E-state index in [1.807, 2.05) is 19.1 Å². The lowest BCUT2D eigenvalue weighted by atomic mass is 10.2. The molecule has 100 valence electrons. The predicted octanol–water partition coefficient (Wildman–Crippen LogP) is 2.92. The highest BCUT2D eigenvalue weighted by Crippen LogP contribution is 2.39. The van der Waals surface area contributed by atoms with Gasteiger partial charge in [0.05, 0.1) is 25.5 Å². The lowest BCUT2D eigenvalue weighted by molar-refractivity contribution is 0.0702. The normalized spacial score (nSPS) is 10.2. The number of nitrogens with zero attached hydrogens (tertiary/aromatic N) is 1. The Morgan fingerprint density at radius 2 is 2.26 bits per heavy atom. The number of para-hydroxylation sites is 1. The summed E-state index contributed by atoms with van der Waals surface area (Å²) in [5, 5.41) is 9.53. The van der Waals surface area contributed by atoms with Crippen molar-refractivity contribution in [3.05, 3.63) is 29.3 Å². The number of thiazole rings is 1. The summed E-state index contributed by atoms with van der Waals surface area (Å²) in [6, 6.07) is 5.44. The van der Waals surface area contributed by atoms with Crippen LogP contribution in [0.4, 0.5) is 0 Å². The largest absolute Gasteiger partial charge is 0.493 e. The number of hydrogen-bond acceptors (Lipinski definition) is 5. The molecule has 1 aromatic carbocycles. The zero-order valence-electron chi connectivity index (χ0n) is 10.5. The molecule has 6 heteroatoms. The average molecular weight is 279 g/mol. The van der Waals surface area contributed by atoms with E-state index in [0.717, 1.165) is 16.9 Å². The summed E-state index contributed by atoms with van der Waals surface area (Å²) < 4.78 is 10.8. The van der Waals surface area contributed by atoms with Crippen LogP contribution in [0.15, 0.2) is 24.4 Å². The van der Waals surface area contributed by atoms with E-state index in [0.29, 0.717) is 23.1 Å². The monoisotopic (exact) mass is 279 g/mol. The Bertz CT molecular complexity index is 594. The van der Waals surface area contributed by atoms with Crippen molar-refractivity contribution >= 4 is 17.3 Å². The first-order chi connectivity index (χ1) is 9.17. The Morgan fingerprint density at radius 1 is 1.47 bits per heavy atom. The maximum atomic E-state index is 10.9. The van der Waals surface area contributed by atoms with E-state index in [2.05, 4.69) is 4.98 Å². The van der Waals surface area contributed by atoms with Crippen molar-refractivity contribution in [3.63, 3.8) is 0 Å². The van der Waals surface area contributed by atoms with Crippen LogP contribution in [-0.4, -0.2) is 29.8 Å². The molecule has 0 aliphatic rings. The molecule has 0 aliphatic carbocycles. The second-order valence-corrected chi connectivity index (χ2v) is 4.64. The van der Waals surface area contributed by atoms with Crippen LogP contribution in [0, 0.1) is 0 Å². The van der Waals surface area contributed by atoms with Crippen molar-refractivity contribution < 1.29 is 19.4 Å². The molecule has 0 bridgehead atoms. The molecule has 0 radical (unpaired) electrons. The van der Waals surface area contributed by atoms with Crippen LogP contribution in [0.1, 0.15) is 16.6 Å². The molecule has 0 saturated heterocycles. The number of carboxylic acid groups (broad SMARTS) is 1. The van der Waals surface area contributed by atoms with E-state index in [1.54, 1.807) is 13.2 Å². The molecular weight excluding hydrogens is 266 g/mol. The van der Waals surface area contributed by atoms with E-state index < -0.39 is 5.97 Å². The van der Waals surface area contributed by atoms with Gasteiger partial charge in [-0.05, 0) is 19.1 Å². The van der Waals surface area contributed by atoms with Crippen molar-refractivity contribution in [1.82, 2.24) is 4.98 Å². The zero-order valence-corrected chi connectivity index (χ0v) is 11.4. The van der Waals surface area contributed by atoms with Crippen LogP contribution in [-0.2, 0) is 0 Å². The van der Waals surface area contributed by atoms with Crippen molar-refractivity contribution in [3.8, 4) is 22.1 Å². The summed E-state index contributed by atoms with van der Waals surface area (Å²) in [6.07, 6.45) is 1.34. The zero-order chi connectivity index (χ0) is 13.8. The molecule has 0 amide bonds. The summed E-state index contributed by atoms with van der Waals surface area (Å²) in [7, 11) is 1.56. The van der Waals surface area contributed by atoms with Crippen LogP contribution in [0.25, 0.3) is 10.6 Å². The summed E-state index contributed by atoms with van der Waals surface area (Å²) in [5.41, 5.74) is 0.735. The summed E-state index contributed by atoms with van der Waals surface area (Å²) in [5.74, 6) is 0.204. The Hall–Kier alpha value is -2.08. The third kappa shape index (κ3) is 2.68. The number of ether oxygens (including phenoxy) is 2. The van der Waals surface area contributed by atoms with Crippen molar-refractivity contribution in [2.24, 2.45) is 0 Å². The van der Waals surface area contributed by atoms with Crippen LogP contribution in [0.3, 0.4) is 0 Å². The topological polar surface area (TPSA) is 68.7 Å². The molecule has 1 heterocycles. The fourth-order valence-electron chi connectivity index (χ4n) is 1.64. The third-order valence-electron chi connectivity index (χ3n) is 2.43. The van der Waals surface area contributed by atoms with Gasteiger partial charge in [-0.3, -0.25) is 0 Å². The molecule has 2 aromatic rings. The van der Waals surface area contributed by atoms with E-state index in [9.17, 15) is 4.79 Å². The minimum absolute atomic E-state index is 0.195. The van der Waals surface area contributed by atoms with Crippen molar-refractivity contribution in [2.45, 2.75) is 6.92 Å². The van der Waals surface area contributed by atoms with Gasteiger partial charge < -0.3 is 14.6 Å². The fraction of sp³-hybridized carbons (Fsp3) is 0.231. The van der Waals surface area contributed by atoms with Gasteiger partial charge in [0, 0.05) is 0 Å². The first-order valence-corrected chi connectivity index (χ1v) is 6.48. The molecular formula is C13H13NO4S. The van der Waals surface area contributed by atoms with Gasteiger partial charge in [-0.1, -0.05) is 6.07 Å². The second kappa shape index (κ2) is 5.71. The van der Waals surface area contributed by atoms with Gasteiger partial charge in [0.2, 0.25) is 0 Å². The number of carbonyl (C=O) groups is 1. The Morgan fingerprint density at radius 3 is 2.84 bits per heavy atom. The minimum Gasteiger partial charge on any atom is -0.493 e.